The van der Waals surface area contributed by atoms with Gasteiger partial charge in [0, 0.05) is 46.6 Å². The quantitative estimate of drug-likeness (QED) is 0.481. The first-order chi connectivity index (χ1) is 11.0. The zero-order valence-electron chi connectivity index (χ0n) is 18.8. The Bertz CT molecular complexity index is 251. The van der Waals surface area contributed by atoms with Crippen LogP contribution in [0.2, 0.25) is 0 Å². The van der Waals surface area contributed by atoms with E-state index in [0.29, 0.717) is 12.5 Å². The second-order valence-electron chi connectivity index (χ2n) is 7.78. The van der Waals surface area contributed by atoms with Gasteiger partial charge in [-0.2, -0.15) is 0 Å². The number of hydrogen-bond donors (Lipinski definition) is 3. The summed E-state index contributed by atoms with van der Waals surface area (Å²) < 4.78 is 10.2. The van der Waals surface area contributed by atoms with E-state index < -0.39 is 5.60 Å². The molecule has 0 spiro atoms. The molecule has 0 heterocycles. The van der Waals surface area contributed by atoms with E-state index in [1.54, 1.807) is 41.5 Å². The summed E-state index contributed by atoms with van der Waals surface area (Å²) >= 11 is 0. The minimum atomic E-state index is -0.418. The Kier molecular flexibility index (Phi) is 32.7. The summed E-state index contributed by atoms with van der Waals surface area (Å²) in [7, 11) is 0. The Morgan fingerprint density at radius 2 is 1.08 bits per heavy atom. The second kappa shape index (κ2) is 23.1. The molecule has 0 aliphatic carbocycles. The molecular weight excluding hydrogens is 372 g/mol. The normalized spacial score (nSPS) is 10.1. The summed E-state index contributed by atoms with van der Waals surface area (Å²) in [4.78, 5) is 11.1. The summed E-state index contributed by atoms with van der Waals surface area (Å²) in [5.74, 6) is 0.149. The number of carbonyl (C=O) groups is 1. The van der Waals surface area contributed by atoms with E-state index in [-0.39, 0.29) is 52.6 Å². The van der Waals surface area contributed by atoms with Crippen molar-refractivity contribution in [2.45, 2.75) is 100 Å². The predicted octanol–water partition coefficient (Wildman–Crippen LogP) is 3.16. The molecule has 0 aromatic rings. The minimum Gasteiger partial charge on any atom is -0.458 e. The molecule has 0 bridgehead atoms. The maximum Gasteiger partial charge on any atom is 0.332 e. The zero-order valence-corrected chi connectivity index (χ0v) is 20.4. The van der Waals surface area contributed by atoms with Crippen molar-refractivity contribution >= 4 is 5.97 Å². The van der Waals surface area contributed by atoms with Gasteiger partial charge >= 0.3 is 5.97 Å². The molecule has 0 aromatic heterocycles. The number of rotatable bonds is 4. The van der Waals surface area contributed by atoms with E-state index in [1.165, 1.54) is 0 Å². The molecule has 0 aromatic carbocycles. The molecule has 0 aliphatic rings. The van der Waals surface area contributed by atoms with Gasteiger partial charge in [-0.1, -0.05) is 13.8 Å². The first-order valence-corrected chi connectivity index (χ1v) is 8.84. The fraction of sp³-hybridized carbons (Fsp3) is 0.947. The van der Waals surface area contributed by atoms with Crippen LogP contribution in [0.5, 0.6) is 0 Å². The molecule has 0 amide bonds. The third-order valence-corrected chi connectivity index (χ3v) is 1.09. The Morgan fingerprint density at radius 3 is 1.27 bits per heavy atom. The molecule has 26 heavy (non-hydrogen) atoms. The van der Waals surface area contributed by atoms with Crippen LogP contribution < -0.4 is 0 Å². The topological polar surface area (TPSA) is 96.2 Å². The Hall–Kier alpha value is 0.0243. The number of ether oxygens (including phenoxy) is 2. The molecule has 0 saturated heterocycles. The molecule has 7 heteroatoms. The first-order valence-electron chi connectivity index (χ1n) is 8.84. The van der Waals surface area contributed by atoms with Crippen LogP contribution in [0, 0.1) is 5.92 Å². The largest absolute Gasteiger partial charge is 0.458 e. The van der Waals surface area contributed by atoms with E-state index >= 15 is 0 Å². The summed E-state index contributed by atoms with van der Waals surface area (Å²) in [5, 5.41) is 24.2. The van der Waals surface area contributed by atoms with Gasteiger partial charge in [0.1, 0.15) is 12.2 Å². The van der Waals surface area contributed by atoms with Crippen molar-refractivity contribution in [3.8, 4) is 0 Å². The number of esters is 1. The zero-order chi connectivity index (χ0) is 21.2. The molecule has 160 valence electrons. The van der Waals surface area contributed by atoms with Crippen LogP contribution in [-0.4, -0.2) is 58.4 Å². The average molecular weight is 416 g/mol. The fourth-order valence-electron chi connectivity index (χ4n) is 0.749. The molecule has 0 fully saturated rings. The van der Waals surface area contributed by atoms with E-state index in [1.807, 2.05) is 34.6 Å². The summed E-state index contributed by atoms with van der Waals surface area (Å²) in [5.41, 5.74) is -0.418. The van der Waals surface area contributed by atoms with E-state index in [0.717, 1.165) is 0 Å². The van der Waals surface area contributed by atoms with Gasteiger partial charge in [-0.25, -0.2) is 4.79 Å². The van der Waals surface area contributed by atoms with Crippen LogP contribution in [0.15, 0.2) is 0 Å². The van der Waals surface area contributed by atoms with Crippen molar-refractivity contribution in [1.29, 1.82) is 0 Å². The van der Waals surface area contributed by atoms with E-state index in [9.17, 15) is 4.79 Å². The van der Waals surface area contributed by atoms with Crippen LogP contribution in [0.3, 0.4) is 0 Å². The number of aliphatic hydroxyl groups excluding tert-OH is 3. The van der Waals surface area contributed by atoms with Crippen molar-refractivity contribution in [1.82, 2.24) is 0 Å². The van der Waals surface area contributed by atoms with Gasteiger partial charge in [-0.05, 0) is 68.2 Å². The van der Waals surface area contributed by atoms with Crippen molar-refractivity contribution in [3.63, 3.8) is 0 Å². The SMILES string of the molecule is CC(C)COCC(=O)OC(C)(C)C.CC(C)O.CC(C)O.CC(C)O.[Ti]. The van der Waals surface area contributed by atoms with Crippen LogP contribution in [0.4, 0.5) is 0 Å². The number of aliphatic hydroxyl groups is 3. The predicted molar refractivity (Wildman–Crippen MR) is 104 cm³/mol. The van der Waals surface area contributed by atoms with Gasteiger partial charge in [-0.3, -0.25) is 0 Å². The standard InChI is InChI=1S/C10H20O3.3C3H8O.Ti/c1-8(2)6-12-7-9(11)13-10(3,4)5;3*1-3(2)4;/h8H,6-7H2,1-5H3;3*3-4H,1-2H3;. The summed E-state index contributed by atoms with van der Waals surface area (Å²) in [6.45, 7) is 20.6. The van der Waals surface area contributed by atoms with Crippen molar-refractivity contribution in [3.05, 3.63) is 0 Å². The Labute approximate surface area is 176 Å². The summed E-state index contributed by atoms with van der Waals surface area (Å²) in [6, 6.07) is 0. The fourth-order valence-corrected chi connectivity index (χ4v) is 0.749. The summed E-state index contributed by atoms with van der Waals surface area (Å²) in [6.07, 6.45) is -0.500. The van der Waals surface area contributed by atoms with Gasteiger partial charge in [0.05, 0.1) is 0 Å². The van der Waals surface area contributed by atoms with E-state index in [2.05, 4.69) is 0 Å². The van der Waals surface area contributed by atoms with Crippen LogP contribution >= 0.6 is 0 Å². The van der Waals surface area contributed by atoms with Gasteiger partial charge in [0.25, 0.3) is 0 Å². The van der Waals surface area contributed by atoms with Gasteiger partial charge in [0.15, 0.2) is 0 Å². The van der Waals surface area contributed by atoms with Crippen molar-refractivity contribution < 1.29 is 51.3 Å². The monoisotopic (exact) mass is 416 g/mol. The molecule has 0 atom stereocenters. The van der Waals surface area contributed by atoms with Gasteiger partial charge < -0.3 is 24.8 Å². The molecule has 6 nitrogen and oxygen atoms in total. The minimum absolute atomic E-state index is 0. The maximum absolute atomic E-state index is 11.1. The maximum atomic E-state index is 11.1. The number of carbonyl (C=O) groups excluding carboxylic acids is 1. The first kappa shape index (κ1) is 36.9. The van der Waals surface area contributed by atoms with Crippen LogP contribution in [0.1, 0.15) is 76.2 Å². The number of hydrogen-bond acceptors (Lipinski definition) is 6. The van der Waals surface area contributed by atoms with Crippen LogP contribution in [0.25, 0.3) is 0 Å². The smallest absolute Gasteiger partial charge is 0.332 e. The van der Waals surface area contributed by atoms with Crippen LogP contribution in [-0.2, 0) is 36.0 Å². The second-order valence-corrected chi connectivity index (χ2v) is 7.78. The Balaban J connectivity index is -0.0000000933. The van der Waals surface area contributed by atoms with Gasteiger partial charge in [-0.15, -0.1) is 0 Å². The molecular formula is C19H44O6Ti. The van der Waals surface area contributed by atoms with Gasteiger partial charge in [0.2, 0.25) is 0 Å². The van der Waals surface area contributed by atoms with Crippen molar-refractivity contribution in [2.24, 2.45) is 5.92 Å². The van der Waals surface area contributed by atoms with Crippen molar-refractivity contribution in [2.75, 3.05) is 13.2 Å². The average Bonchev–Trinajstić information content (AvgIpc) is 2.22. The molecule has 3 N–H and O–H groups in total. The molecule has 0 saturated carbocycles. The molecule has 0 radical (unpaired) electrons. The molecule has 0 unspecified atom stereocenters. The van der Waals surface area contributed by atoms with E-state index in [4.69, 9.17) is 24.8 Å². The molecule has 0 aliphatic heterocycles. The third kappa shape index (κ3) is 105. The molecule has 0 rings (SSSR count). The third-order valence-electron chi connectivity index (χ3n) is 1.09. The Morgan fingerprint density at radius 1 is 0.808 bits per heavy atom.